The topological polar surface area (TPSA) is 59.1 Å². The summed E-state index contributed by atoms with van der Waals surface area (Å²) in [6.45, 7) is 18.3. The molecule has 2 unspecified atom stereocenters. The molecule has 3 aliphatic heterocycles. The third kappa shape index (κ3) is 6.52. The first-order valence-corrected chi connectivity index (χ1v) is 18.8. The van der Waals surface area contributed by atoms with Crippen LogP contribution in [0.1, 0.15) is 117 Å². The zero-order valence-corrected chi connectivity index (χ0v) is 30.2. The van der Waals surface area contributed by atoms with E-state index in [2.05, 4.69) is 67.5 Å². The van der Waals surface area contributed by atoms with E-state index in [9.17, 15) is 9.59 Å². The number of nitrogens with zero attached hydrogens (tertiary/aromatic N) is 2. The first-order valence-electron chi connectivity index (χ1n) is 17.1. The summed E-state index contributed by atoms with van der Waals surface area (Å²) < 4.78 is 13.7. The molecule has 2 aromatic rings. The third-order valence-electron chi connectivity index (χ3n) is 10.2. The molecule has 0 saturated carbocycles. The van der Waals surface area contributed by atoms with E-state index in [4.69, 9.17) is 9.31 Å². The van der Waals surface area contributed by atoms with E-state index in [-0.39, 0.29) is 11.8 Å². The van der Waals surface area contributed by atoms with Crippen molar-refractivity contribution in [2.75, 3.05) is 13.1 Å². The lowest BCUT2D eigenvalue weighted by atomic mass is 9.88. The second kappa shape index (κ2) is 13.9. The van der Waals surface area contributed by atoms with Gasteiger partial charge in [0, 0.05) is 17.9 Å². The largest absolute Gasteiger partial charge is 0.505 e. The number of carbonyl (C=O) groups excluding carboxylic acids is 2. The van der Waals surface area contributed by atoms with Crippen LogP contribution in [0.3, 0.4) is 0 Å². The molecule has 2 amide bonds. The van der Waals surface area contributed by atoms with Gasteiger partial charge in [-0.3, -0.25) is 9.59 Å². The van der Waals surface area contributed by atoms with Crippen molar-refractivity contribution in [1.29, 1.82) is 0 Å². The summed E-state index contributed by atoms with van der Waals surface area (Å²) in [6.07, 6.45) is 8.65. The minimum Gasteiger partial charge on any atom is -0.399 e. The minimum atomic E-state index is -0.491. The summed E-state index contributed by atoms with van der Waals surface area (Å²) in [5, 5.41) is 2.04. The van der Waals surface area contributed by atoms with E-state index in [0.29, 0.717) is 36.1 Å². The van der Waals surface area contributed by atoms with E-state index >= 15 is 0 Å². The minimum absolute atomic E-state index is 0.0404. The normalized spacial score (nSPS) is 20.7. The Balaban J connectivity index is 1.62. The van der Waals surface area contributed by atoms with Gasteiger partial charge in [-0.25, -0.2) is 0 Å². The molecule has 0 spiro atoms. The van der Waals surface area contributed by atoms with Crippen LogP contribution in [0.15, 0.2) is 40.8 Å². The van der Waals surface area contributed by atoms with Crippen molar-refractivity contribution < 1.29 is 18.9 Å². The van der Waals surface area contributed by atoms with Gasteiger partial charge in [-0.15, -0.1) is 22.7 Å². The van der Waals surface area contributed by atoms with E-state index in [0.717, 1.165) is 77.3 Å². The summed E-state index contributed by atoms with van der Waals surface area (Å²) in [7, 11) is -0.491. The first-order chi connectivity index (χ1) is 21.5. The smallest absolute Gasteiger partial charge is 0.399 e. The Hall–Kier alpha value is -2.20. The van der Waals surface area contributed by atoms with Crippen LogP contribution >= 0.6 is 22.7 Å². The van der Waals surface area contributed by atoms with E-state index in [1.165, 1.54) is 0 Å². The fourth-order valence-corrected chi connectivity index (χ4v) is 8.40. The quantitative estimate of drug-likeness (QED) is 0.182. The Kier molecular flexibility index (Phi) is 10.5. The van der Waals surface area contributed by atoms with Crippen LogP contribution < -0.4 is 4.78 Å². The summed E-state index contributed by atoms with van der Waals surface area (Å²) in [6, 6.07) is 8.17. The van der Waals surface area contributed by atoms with Crippen molar-refractivity contribution in [2.24, 2.45) is 11.8 Å². The Bertz CT molecular complexity index is 1420. The lowest BCUT2D eigenvalue weighted by Crippen LogP contribution is -2.41. The number of carbonyl (C=O) groups is 2. The van der Waals surface area contributed by atoms with Crippen LogP contribution in [-0.2, 0) is 18.9 Å². The van der Waals surface area contributed by atoms with Gasteiger partial charge in [0.25, 0.3) is 11.8 Å². The van der Waals surface area contributed by atoms with Crippen molar-refractivity contribution in [3.63, 3.8) is 0 Å². The standard InChI is InChI=1S/C36H51BN2O4S2/c1-9-13-16-24(11-3)22-38-31(26-18-15-21-44-26)29-30(34(38)41)32(39(33(29)40)23-25(12-4)17-14-10-2)27-19-20-28(45-27)37-42-35(5,6)36(7,8)43-37/h15,18-21,24-25H,9-14,16-17,22-23H2,1-8H3. The fourth-order valence-electron chi connectivity index (χ4n) is 6.59. The maximum absolute atomic E-state index is 14.7. The maximum atomic E-state index is 14.7. The molecule has 2 aromatic heterocycles. The Labute approximate surface area is 279 Å². The van der Waals surface area contributed by atoms with Crippen molar-refractivity contribution >= 4 is 57.8 Å². The molecule has 9 heteroatoms. The number of fused-ring (bicyclic) bond motifs is 1. The van der Waals surface area contributed by atoms with Crippen LogP contribution in [0.25, 0.3) is 11.4 Å². The van der Waals surface area contributed by atoms with Gasteiger partial charge in [0.2, 0.25) is 0 Å². The van der Waals surface area contributed by atoms with Crippen LogP contribution in [0, 0.1) is 11.8 Å². The summed E-state index contributed by atoms with van der Waals surface area (Å²) >= 11 is 3.18. The van der Waals surface area contributed by atoms with E-state index in [1.807, 2.05) is 27.3 Å². The van der Waals surface area contributed by atoms with Gasteiger partial charge in [-0.1, -0.05) is 78.4 Å². The SMILES string of the molecule is CCCCC(CC)CN1C(=O)C2=C(c3ccc(B4OC(C)(C)C(C)(C)O4)s3)N(CC(CC)CCCC)C(=O)C2=C1c1cccs1. The first kappa shape index (κ1) is 34.1. The second-order valence-corrected chi connectivity index (χ2v) is 15.9. The van der Waals surface area contributed by atoms with Crippen LogP contribution in [-0.4, -0.2) is 53.0 Å². The highest BCUT2D eigenvalue weighted by atomic mass is 32.1. The van der Waals surface area contributed by atoms with E-state index in [1.54, 1.807) is 22.7 Å². The summed E-state index contributed by atoms with van der Waals surface area (Å²) in [4.78, 5) is 35.1. The maximum Gasteiger partial charge on any atom is 0.505 e. The number of unbranched alkanes of at least 4 members (excludes halogenated alkanes) is 2. The van der Waals surface area contributed by atoms with Crippen LogP contribution in [0.4, 0.5) is 0 Å². The molecule has 6 nitrogen and oxygen atoms in total. The highest BCUT2D eigenvalue weighted by Crippen LogP contribution is 2.49. The zero-order chi connectivity index (χ0) is 32.5. The van der Waals surface area contributed by atoms with Crippen molar-refractivity contribution in [1.82, 2.24) is 9.80 Å². The van der Waals surface area contributed by atoms with Crippen LogP contribution in [0.5, 0.6) is 0 Å². The Morgan fingerprint density at radius 2 is 1.27 bits per heavy atom. The Morgan fingerprint density at radius 3 is 1.71 bits per heavy atom. The zero-order valence-electron chi connectivity index (χ0n) is 28.5. The molecule has 5 rings (SSSR count). The molecule has 0 aromatic carbocycles. The molecule has 2 atom stereocenters. The average molecular weight is 651 g/mol. The summed E-state index contributed by atoms with van der Waals surface area (Å²) in [5.74, 6) is 0.665. The lowest BCUT2D eigenvalue weighted by Gasteiger charge is -2.32. The van der Waals surface area contributed by atoms with E-state index < -0.39 is 18.3 Å². The van der Waals surface area contributed by atoms with Gasteiger partial charge in [-0.05, 0) is 69.9 Å². The number of hydrogen-bond acceptors (Lipinski definition) is 6. The van der Waals surface area contributed by atoms with Crippen molar-refractivity contribution in [3.8, 4) is 0 Å². The fraction of sp³-hybridized carbons (Fsp3) is 0.611. The highest BCUT2D eigenvalue weighted by Gasteiger charge is 2.53. The number of thiophene rings is 2. The van der Waals surface area contributed by atoms with Crippen molar-refractivity contribution in [3.05, 3.63) is 50.5 Å². The molecule has 0 aliphatic carbocycles. The van der Waals surface area contributed by atoms with Gasteiger partial charge in [0.15, 0.2) is 0 Å². The molecule has 45 heavy (non-hydrogen) atoms. The second-order valence-electron chi connectivity index (χ2n) is 13.9. The number of amides is 2. The lowest BCUT2D eigenvalue weighted by molar-refractivity contribution is -0.124. The van der Waals surface area contributed by atoms with Gasteiger partial charge in [0.05, 0.1) is 43.5 Å². The van der Waals surface area contributed by atoms with Gasteiger partial charge >= 0.3 is 7.12 Å². The predicted molar refractivity (Wildman–Crippen MR) is 188 cm³/mol. The monoisotopic (exact) mass is 650 g/mol. The third-order valence-corrected chi connectivity index (χ3v) is 12.2. The predicted octanol–water partition coefficient (Wildman–Crippen LogP) is 8.35. The molecule has 3 aliphatic rings. The molecular weight excluding hydrogens is 599 g/mol. The molecule has 0 N–H and O–H groups in total. The summed E-state index contributed by atoms with van der Waals surface area (Å²) in [5.41, 5.74) is 1.82. The molecule has 1 saturated heterocycles. The Morgan fingerprint density at radius 1 is 0.756 bits per heavy atom. The number of hydrogen-bond donors (Lipinski definition) is 0. The van der Waals surface area contributed by atoms with Gasteiger partial charge in [0.1, 0.15) is 0 Å². The molecule has 244 valence electrons. The van der Waals surface area contributed by atoms with Crippen LogP contribution in [0.2, 0.25) is 0 Å². The molecular formula is C36H51BN2O4S2. The molecule has 5 heterocycles. The highest BCUT2D eigenvalue weighted by molar-refractivity contribution is 7.23. The van der Waals surface area contributed by atoms with Gasteiger partial charge in [-0.2, -0.15) is 0 Å². The number of rotatable bonds is 15. The van der Waals surface area contributed by atoms with Crippen molar-refractivity contribution in [2.45, 2.75) is 118 Å². The molecule has 1 fully saturated rings. The molecule has 0 bridgehead atoms. The average Bonchev–Trinajstić information content (AvgIpc) is 3.82. The molecule has 0 radical (unpaired) electrons. The van der Waals surface area contributed by atoms with Gasteiger partial charge < -0.3 is 19.1 Å².